The van der Waals surface area contributed by atoms with Crippen LogP contribution < -0.4 is 0 Å². The maximum atomic E-state index is 13.7. The zero-order valence-electron chi connectivity index (χ0n) is 25.9. The normalized spacial score (nSPS) is 16.0. The Kier molecular flexibility index (Phi) is 11.4. The fourth-order valence-corrected chi connectivity index (χ4v) is 7.81. The van der Waals surface area contributed by atoms with Gasteiger partial charge in [0.05, 0.1) is 22.8 Å². The molecule has 0 bridgehead atoms. The highest BCUT2D eigenvalue weighted by Crippen LogP contribution is 2.52. The largest absolute Gasteiger partial charge is 0.445 e. The predicted octanol–water partition coefficient (Wildman–Crippen LogP) is 7.37. The van der Waals surface area contributed by atoms with E-state index in [0.29, 0.717) is 31.4 Å². The van der Waals surface area contributed by atoms with Gasteiger partial charge in [0.25, 0.3) is 5.69 Å². The van der Waals surface area contributed by atoms with Crippen LogP contribution in [0.1, 0.15) is 35.1 Å². The van der Waals surface area contributed by atoms with Crippen molar-refractivity contribution < 1.29 is 24.1 Å². The standard InChI is InChI=1S/C37H37N3O6S/c1-2-24-46-38(28-41)23-22-34-25-35(26-39(34)36(42)45-27-29-18-20-33(21-19-29)40(43)44)47-37(30-12-6-3-7-13-30,31-14-8-4-9-15-31)32-16-10-5-11-17-32/h2-21,28,34-35H,1,22-27H2/t34-,35+/m1/s1. The van der Waals surface area contributed by atoms with Crippen LogP contribution in [0.15, 0.2) is 128 Å². The molecule has 0 saturated carbocycles. The first-order chi connectivity index (χ1) is 22.9. The molecule has 0 radical (unpaired) electrons. The highest BCUT2D eigenvalue weighted by molar-refractivity contribution is 8.01. The fourth-order valence-electron chi connectivity index (χ4n) is 5.94. The van der Waals surface area contributed by atoms with Gasteiger partial charge in [0.1, 0.15) is 6.61 Å². The molecule has 5 rings (SSSR count). The van der Waals surface area contributed by atoms with Crippen LogP contribution in [0, 0.1) is 10.1 Å². The maximum absolute atomic E-state index is 13.7. The minimum absolute atomic E-state index is 0.00585. The highest BCUT2D eigenvalue weighted by atomic mass is 32.2. The number of hydrogen-bond donors (Lipinski definition) is 0. The van der Waals surface area contributed by atoms with E-state index in [-0.39, 0.29) is 36.7 Å². The Labute approximate surface area is 278 Å². The number of thioether (sulfide) groups is 1. The van der Waals surface area contributed by atoms with E-state index in [9.17, 15) is 19.7 Å². The molecule has 9 nitrogen and oxygen atoms in total. The van der Waals surface area contributed by atoms with E-state index in [1.54, 1.807) is 23.1 Å². The molecule has 4 aromatic rings. The average Bonchev–Trinajstić information content (AvgIpc) is 3.53. The lowest BCUT2D eigenvalue weighted by atomic mass is 9.84. The van der Waals surface area contributed by atoms with Crippen LogP contribution in [0.25, 0.3) is 0 Å². The Morgan fingerprint density at radius 1 is 0.936 bits per heavy atom. The van der Waals surface area contributed by atoms with Crippen molar-refractivity contribution in [2.75, 3.05) is 19.7 Å². The third-order valence-electron chi connectivity index (χ3n) is 8.16. The Balaban J connectivity index is 1.44. The maximum Gasteiger partial charge on any atom is 0.410 e. The monoisotopic (exact) mass is 651 g/mol. The number of rotatable bonds is 15. The zero-order valence-corrected chi connectivity index (χ0v) is 26.7. The second kappa shape index (κ2) is 16.1. The third-order valence-corrected chi connectivity index (χ3v) is 9.90. The number of carbonyl (C=O) groups excluding carboxylic acids is 2. The number of non-ortho nitro benzene ring substituents is 1. The molecule has 2 amide bonds. The van der Waals surface area contributed by atoms with Gasteiger partial charge in [-0.1, -0.05) is 97.1 Å². The Morgan fingerprint density at radius 3 is 1.98 bits per heavy atom. The summed E-state index contributed by atoms with van der Waals surface area (Å²) in [5.41, 5.74) is 4.00. The number of amides is 2. The lowest BCUT2D eigenvalue weighted by Crippen LogP contribution is -2.38. The van der Waals surface area contributed by atoms with Gasteiger partial charge >= 0.3 is 6.09 Å². The summed E-state index contributed by atoms with van der Waals surface area (Å²) in [6.07, 6.45) is 2.86. The summed E-state index contributed by atoms with van der Waals surface area (Å²) in [7, 11) is 0. The molecule has 0 aliphatic carbocycles. The number of nitrogens with zero attached hydrogens (tertiary/aromatic N) is 3. The molecular weight excluding hydrogens is 614 g/mol. The zero-order chi connectivity index (χ0) is 33.1. The summed E-state index contributed by atoms with van der Waals surface area (Å²) in [5, 5.41) is 12.3. The predicted molar refractivity (Wildman–Crippen MR) is 183 cm³/mol. The lowest BCUT2D eigenvalue weighted by Gasteiger charge is -2.37. The Bertz CT molecular complexity index is 1530. The molecule has 0 N–H and O–H groups in total. The number of carbonyl (C=O) groups is 2. The number of hydroxylamine groups is 2. The van der Waals surface area contributed by atoms with E-state index < -0.39 is 15.8 Å². The van der Waals surface area contributed by atoms with Gasteiger partial charge < -0.3 is 9.64 Å². The number of nitro benzene ring substituents is 1. The molecule has 242 valence electrons. The Morgan fingerprint density at radius 2 is 1.49 bits per heavy atom. The van der Waals surface area contributed by atoms with Gasteiger partial charge in [-0.15, -0.1) is 18.3 Å². The number of nitro groups is 1. The fraction of sp³-hybridized carbons (Fsp3) is 0.243. The summed E-state index contributed by atoms with van der Waals surface area (Å²) in [6, 6.07) is 36.9. The van der Waals surface area contributed by atoms with Crippen LogP contribution in [0.2, 0.25) is 0 Å². The summed E-state index contributed by atoms with van der Waals surface area (Å²) in [4.78, 5) is 43.2. The molecule has 1 fully saturated rings. The molecule has 0 spiro atoms. The van der Waals surface area contributed by atoms with Gasteiger partial charge in [-0.05, 0) is 47.2 Å². The molecule has 1 aliphatic heterocycles. The Hall–Kier alpha value is -4.93. The van der Waals surface area contributed by atoms with Crippen LogP contribution in [-0.2, 0) is 25.7 Å². The van der Waals surface area contributed by atoms with E-state index >= 15 is 0 Å². The summed E-state index contributed by atoms with van der Waals surface area (Å²) < 4.78 is 5.18. The van der Waals surface area contributed by atoms with Crippen molar-refractivity contribution in [3.63, 3.8) is 0 Å². The second-order valence-corrected chi connectivity index (χ2v) is 12.7. The van der Waals surface area contributed by atoms with E-state index in [1.165, 1.54) is 17.2 Å². The summed E-state index contributed by atoms with van der Waals surface area (Å²) in [5.74, 6) is 0. The van der Waals surface area contributed by atoms with Gasteiger partial charge in [-0.25, -0.2) is 9.86 Å². The van der Waals surface area contributed by atoms with Crippen molar-refractivity contribution >= 4 is 30.0 Å². The molecule has 47 heavy (non-hydrogen) atoms. The van der Waals surface area contributed by atoms with Crippen molar-refractivity contribution in [3.8, 4) is 0 Å². The van der Waals surface area contributed by atoms with Crippen LogP contribution in [0.4, 0.5) is 10.5 Å². The molecule has 0 aromatic heterocycles. The first-order valence-electron chi connectivity index (χ1n) is 15.4. The van der Waals surface area contributed by atoms with Crippen LogP contribution >= 0.6 is 11.8 Å². The van der Waals surface area contributed by atoms with Crippen LogP contribution in [0.5, 0.6) is 0 Å². The van der Waals surface area contributed by atoms with Crippen molar-refractivity contribution in [2.24, 2.45) is 0 Å². The van der Waals surface area contributed by atoms with Gasteiger partial charge in [0.15, 0.2) is 0 Å². The summed E-state index contributed by atoms with van der Waals surface area (Å²) >= 11 is 1.82. The van der Waals surface area contributed by atoms with E-state index in [4.69, 9.17) is 9.57 Å². The number of benzene rings is 4. The van der Waals surface area contributed by atoms with E-state index in [2.05, 4.69) is 43.0 Å². The summed E-state index contributed by atoms with van der Waals surface area (Å²) in [6.45, 7) is 4.52. The highest BCUT2D eigenvalue weighted by Gasteiger charge is 2.44. The molecule has 1 heterocycles. The molecule has 0 unspecified atom stereocenters. The molecule has 4 aromatic carbocycles. The van der Waals surface area contributed by atoms with Crippen molar-refractivity contribution in [1.82, 2.24) is 9.96 Å². The van der Waals surface area contributed by atoms with Gasteiger partial charge in [0.2, 0.25) is 6.41 Å². The minimum Gasteiger partial charge on any atom is -0.445 e. The van der Waals surface area contributed by atoms with Gasteiger partial charge in [0, 0.05) is 30.0 Å². The van der Waals surface area contributed by atoms with E-state index in [0.717, 1.165) is 16.7 Å². The molecule has 10 heteroatoms. The van der Waals surface area contributed by atoms with Crippen LogP contribution in [0.3, 0.4) is 0 Å². The third kappa shape index (κ3) is 8.08. The number of likely N-dealkylation sites (tertiary alicyclic amines) is 1. The molecule has 2 atom stereocenters. The number of hydrogen-bond acceptors (Lipinski definition) is 7. The first kappa shape index (κ1) is 33.4. The second-order valence-electron chi connectivity index (χ2n) is 11.2. The molecular formula is C37H37N3O6S. The quantitative estimate of drug-likeness (QED) is 0.0435. The van der Waals surface area contributed by atoms with Gasteiger partial charge in [-0.2, -0.15) is 0 Å². The lowest BCUT2D eigenvalue weighted by molar-refractivity contribution is -0.384. The SMILES string of the molecule is C=CCON(C=O)CC[C@@H]1C[C@H](SC(c2ccccc2)(c2ccccc2)c2ccccc2)CN1C(=O)OCc1ccc([N+](=O)[O-])cc1. The minimum atomic E-state index is -0.570. The smallest absolute Gasteiger partial charge is 0.410 e. The van der Waals surface area contributed by atoms with Gasteiger partial charge in [-0.3, -0.25) is 19.7 Å². The number of ether oxygens (including phenoxy) is 1. The van der Waals surface area contributed by atoms with Crippen molar-refractivity contribution in [2.45, 2.75) is 35.5 Å². The van der Waals surface area contributed by atoms with Crippen molar-refractivity contribution in [3.05, 3.63) is 160 Å². The molecule has 1 aliphatic rings. The first-order valence-corrected chi connectivity index (χ1v) is 16.3. The van der Waals surface area contributed by atoms with Crippen molar-refractivity contribution in [1.29, 1.82) is 0 Å². The molecule has 1 saturated heterocycles. The van der Waals surface area contributed by atoms with Crippen LogP contribution in [-0.4, -0.2) is 58.4 Å². The average molecular weight is 652 g/mol. The topological polar surface area (TPSA) is 102 Å². The van der Waals surface area contributed by atoms with E-state index in [1.807, 2.05) is 66.4 Å².